The van der Waals surface area contributed by atoms with Crippen LogP contribution >= 0.6 is 0 Å². The van der Waals surface area contributed by atoms with Gasteiger partial charge in [0.15, 0.2) is 0 Å². The number of unbranched alkanes of at least 4 members (excludes halogenated alkanes) is 3. The van der Waals surface area contributed by atoms with E-state index in [1.54, 1.807) is 4.90 Å². The van der Waals surface area contributed by atoms with Crippen molar-refractivity contribution in [2.45, 2.75) is 57.9 Å². The van der Waals surface area contributed by atoms with E-state index in [4.69, 9.17) is 14.2 Å². The number of esters is 1. The first-order valence-corrected chi connectivity index (χ1v) is 14.1. The third kappa shape index (κ3) is 8.89. The summed E-state index contributed by atoms with van der Waals surface area (Å²) in [6.07, 6.45) is 3.78. The number of carbonyl (C=O) groups excluding carboxylic acids is 3. The monoisotopic (exact) mass is 574 g/mol. The largest absolute Gasteiger partial charge is 0.513 e. The maximum absolute atomic E-state index is 13.3. The number of ether oxygens (including phenoxy) is 3. The van der Waals surface area contributed by atoms with Gasteiger partial charge in [0.05, 0.1) is 31.1 Å². The van der Waals surface area contributed by atoms with Gasteiger partial charge in [-0.15, -0.1) is 0 Å². The molecule has 4 rings (SSSR count). The molecule has 3 aromatic carbocycles. The zero-order chi connectivity index (χ0) is 29.7. The molecule has 0 spiro atoms. The Bertz CT molecular complexity index is 1390. The minimum atomic E-state index is -0.879. The van der Waals surface area contributed by atoms with Crippen LogP contribution in [-0.4, -0.2) is 36.2 Å². The first kappa shape index (κ1) is 30.2. The first-order valence-electron chi connectivity index (χ1n) is 14.1. The number of non-ortho nitro benzene ring substituents is 1. The van der Waals surface area contributed by atoms with Gasteiger partial charge in [-0.25, -0.2) is 4.79 Å². The van der Waals surface area contributed by atoms with Gasteiger partial charge >= 0.3 is 12.1 Å². The molecule has 0 aromatic heterocycles. The SMILES string of the molecule is O=C(CCC(=O)N1Cc2ccccc2CCc2ccccc21)OCCCCCCOC(=O)Oc1ccc([N+](=O)[O-])cc1. The third-order valence-corrected chi connectivity index (χ3v) is 7.01. The fourth-order valence-electron chi connectivity index (χ4n) is 4.77. The smallest absolute Gasteiger partial charge is 0.466 e. The molecule has 0 radical (unpaired) electrons. The van der Waals surface area contributed by atoms with Crippen molar-refractivity contribution in [3.63, 3.8) is 0 Å². The molecular weight excluding hydrogens is 540 g/mol. The van der Waals surface area contributed by atoms with Crippen LogP contribution in [0, 0.1) is 10.1 Å². The number of hydrogen-bond acceptors (Lipinski definition) is 8. The fourth-order valence-corrected chi connectivity index (χ4v) is 4.77. The number of carbonyl (C=O) groups is 3. The lowest BCUT2D eigenvalue weighted by molar-refractivity contribution is -0.384. The van der Waals surface area contributed by atoms with Crippen LogP contribution in [-0.2, 0) is 38.4 Å². The summed E-state index contributed by atoms with van der Waals surface area (Å²) in [5, 5.41) is 10.7. The van der Waals surface area contributed by atoms with E-state index >= 15 is 0 Å². The van der Waals surface area contributed by atoms with E-state index in [0.717, 1.165) is 42.5 Å². The zero-order valence-corrected chi connectivity index (χ0v) is 23.4. The van der Waals surface area contributed by atoms with Crippen LogP contribution in [0.5, 0.6) is 5.75 Å². The van der Waals surface area contributed by atoms with Crippen molar-refractivity contribution >= 4 is 29.4 Å². The lowest BCUT2D eigenvalue weighted by Gasteiger charge is -2.28. The zero-order valence-electron chi connectivity index (χ0n) is 23.4. The van der Waals surface area contributed by atoms with Gasteiger partial charge in [-0.3, -0.25) is 19.7 Å². The summed E-state index contributed by atoms with van der Waals surface area (Å²) >= 11 is 0. The van der Waals surface area contributed by atoms with Gasteiger partial charge in [0.25, 0.3) is 5.69 Å². The number of anilines is 1. The molecule has 1 aliphatic rings. The normalized spacial score (nSPS) is 12.2. The molecule has 3 aromatic rings. The van der Waals surface area contributed by atoms with Gasteiger partial charge in [0, 0.05) is 24.2 Å². The second-order valence-electron chi connectivity index (χ2n) is 9.96. The van der Waals surface area contributed by atoms with Crippen LogP contribution < -0.4 is 9.64 Å². The van der Waals surface area contributed by atoms with Crippen molar-refractivity contribution in [2.24, 2.45) is 0 Å². The molecule has 1 heterocycles. The number of para-hydroxylation sites is 1. The summed E-state index contributed by atoms with van der Waals surface area (Å²) in [5.74, 6) is -0.351. The molecular formula is C32H34N2O8. The van der Waals surface area contributed by atoms with Gasteiger partial charge < -0.3 is 19.1 Å². The molecule has 0 aliphatic carbocycles. The Morgan fingerprint density at radius 1 is 0.738 bits per heavy atom. The average molecular weight is 575 g/mol. The molecule has 1 amide bonds. The van der Waals surface area contributed by atoms with Crippen LogP contribution in [0.4, 0.5) is 16.2 Å². The number of fused-ring (bicyclic) bond motifs is 2. The predicted molar refractivity (Wildman–Crippen MR) is 155 cm³/mol. The van der Waals surface area contributed by atoms with Crippen molar-refractivity contribution in [1.82, 2.24) is 0 Å². The van der Waals surface area contributed by atoms with E-state index in [-0.39, 0.29) is 43.4 Å². The maximum Gasteiger partial charge on any atom is 0.513 e. The van der Waals surface area contributed by atoms with Gasteiger partial charge in [0.1, 0.15) is 5.75 Å². The Morgan fingerprint density at radius 2 is 1.36 bits per heavy atom. The van der Waals surface area contributed by atoms with Crippen molar-refractivity contribution in [3.05, 3.63) is 99.6 Å². The van der Waals surface area contributed by atoms with Crippen LogP contribution in [0.3, 0.4) is 0 Å². The quantitative estimate of drug-likeness (QED) is 0.0808. The van der Waals surface area contributed by atoms with Crippen LogP contribution in [0.2, 0.25) is 0 Å². The molecule has 0 unspecified atom stereocenters. The third-order valence-electron chi connectivity index (χ3n) is 7.01. The summed E-state index contributed by atoms with van der Waals surface area (Å²) in [4.78, 5) is 49.2. The van der Waals surface area contributed by atoms with E-state index in [2.05, 4.69) is 18.2 Å². The highest BCUT2D eigenvalue weighted by Gasteiger charge is 2.23. The van der Waals surface area contributed by atoms with E-state index < -0.39 is 17.0 Å². The van der Waals surface area contributed by atoms with Gasteiger partial charge in [-0.2, -0.15) is 0 Å². The number of nitro groups is 1. The number of nitro benzene ring substituents is 1. The van der Waals surface area contributed by atoms with Gasteiger partial charge in [0.2, 0.25) is 5.91 Å². The summed E-state index contributed by atoms with van der Waals surface area (Å²) in [6.45, 7) is 0.896. The van der Waals surface area contributed by atoms with Crippen molar-refractivity contribution in [3.8, 4) is 5.75 Å². The molecule has 1 aliphatic heterocycles. The van der Waals surface area contributed by atoms with Crippen molar-refractivity contribution in [2.75, 3.05) is 18.1 Å². The van der Waals surface area contributed by atoms with Gasteiger partial charge in [-0.05, 0) is 73.4 Å². The average Bonchev–Trinajstić information content (AvgIpc) is 2.98. The molecule has 0 fully saturated rings. The number of amides is 1. The summed E-state index contributed by atoms with van der Waals surface area (Å²) in [7, 11) is 0. The van der Waals surface area contributed by atoms with Crippen molar-refractivity contribution < 1.29 is 33.5 Å². The highest BCUT2D eigenvalue weighted by Crippen LogP contribution is 2.29. The highest BCUT2D eigenvalue weighted by atomic mass is 16.7. The summed E-state index contributed by atoms with van der Waals surface area (Å²) < 4.78 is 15.3. The Kier molecular flexibility index (Phi) is 11.0. The van der Waals surface area contributed by atoms with E-state index in [9.17, 15) is 24.5 Å². The molecule has 0 saturated heterocycles. The van der Waals surface area contributed by atoms with Crippen molar-refractivity contribution in [1.29, 1.82) is 0 Å². The topological polar surface area (TPSA) is 125 Å². The number of benzene rings is 3. The molecule has 220 valence electrons. The Balaban J connectivity index is 1.10. The number of nitrogens with zero attached hydrogens (tertiary/aromatic N) is 2. The Labute approximate surface area is 244 Å². The second kappa shape index (κ2) is 15.3. The lowest BCUT2D eigenvalue weighted by Crippen LogP contribution is -2.33. The first-order chi connectivity index (χ1) is 20.4. The number of hydrogen-bond donors (Lipinski definition) is 0. The molecule has 42 heavy (non-hydrogen) atoms. The second-order valence-corrected chi connectivity index (χ2v) is 9.96. The molecule has 0 saturated carbocycles. The molecule has 10 nitrogen and oxygen atoms in total. The Morgan fingerprint density at radius 3 is 2.07 bits per heavy atom. The number of rotatable bonds is 12. The minimum absolute atomic E-state index is 0.0177. The molecule has 0 bridgehead atoms. The lowest BCUT2D eigenvalue weighted by atomic mass is 9.95. The Hall–Kier alpha value is -4.73. The fraction of sp³-hybridized carbons (Fsp3) is 0.344. The van der Waals surface area contributed by atoms with E-state index in [1.807, 2.05) is 30.3 Å². The van der Waals surface area contributed by atoms with Crippen LogP contribution in [0.25, 0.3) is 0 Å². The summed E-state index contributed by atoms with van der Waals surface area (Å²) in [6, 6.07) is 21.2. The van der Waals surface area contributed by atoms with E-state index in [0.29, 0.717) is 19.4 Å². The predicted octanol–water partition coefficient (Wildman–Crippen LogP) is 6.33. The van der Waals surface area contributed by atoms with Gasteiger partial charge in [-0.1, -0.05) is 42.5 Å². The molecule has 10 heteroatoms. The number of aryl methyl sites for hydroxylation is 2. The standard InChI is InChI=1S/C32H34N2O8/c35-30(33-23-26-11-4-3-9-24(26)13-14-25-10-5-6-12-29(25)33)19-20-31(36)40-21-7-1-2-8-22-41-32(37)42-28-17-15-27(16-18-28)34(38)39/h3-6,9-12,15-18H,1-2,7-8,13-14,19-23H2. The van der Waals surface area contributed by atoms with Crippen LogP contribution in [0.15, 0.2) is 72.8 Å². The molecule has 0 N–H and O–H groups in total. The molecule has 0 atom stereocenters. The van der Waals surface area contributed by atoms with Crippen LogP contribution in [0.1, 0.15) is 55.2 Å². The maximum atomic E-state index is 13.3. The highest BCUT2D eigenvalue weighted by molar-refractivity contribution is 5.95. The van der Waals surface area contributed by atoms with E-state index in [1.165, 1.54) is 29.8 Å². The summed E-state index contributed by atoms with van der Waals surface area (Å²) in [5.41, 5.74) is 4.27. The minimum Gasteiger partial charge on any atom is -0.466 e.